The predicted octanol–water partition coefficient (Wildman–Crippen LogP) is 4.23. The van der Waals surface area contributed by atoms with E-state index in [1.807, 2.05) is 24.3 Å². The van der Waals surface area contributed by atoms with Gasteiger partial charge in [0, 0.05) is 41.9 Å². The zero-order chi connectivity index (χ0) is 23.2. The van der Waals surface area contributed by atoms with Crippen LogP contribution in [0, 0.1) is 5.21 Å². The van der Waals surface area contributed by atoms with Gasteiger partial charge in [0.05, 0.1) is 17.0 Å². The third-order valence-corrected chi connectivity index (χ3v) is 6.01. The van der Waals surface area contributed by atoms with Gasteiger partial charge in [0.15, 0.2) is 0 Å². The number of amides is 1. The zero-order valence-corrected chi connectivity index (χ0v) is 18.7. The Hall–Kier alpha value is -3.39. The van der Waals surface area contributed by atoms with Gasteiger partial charge < -0.3 is 15.6 Å². The number of quaternary nitrogens is 1. The van der Waals surface area contributed by atoms with Gasteiger partial charge in [0.25, 0.3) is 5.91 Å². The van der Waals surface area contributed by atoms with Gasteiger partial charge in [-0.15, -0.1) is 0 Å². The van der Waals surface area contributed by atoms with Crippen LogP contribution in [0.4, 0.5) is 11.5 Å². The number of nitrogens with zero attached hydrogens (tertiary/aromatic N) is 3. The molecule has 0 saturated heterocycles. The molecular weight excluding hydrogens is 416 g/mol. The van der Waals surface area contributed by atoms with Crippen molar-refractivity contribution >= 4 is 17.4 Å². The highest BCUT2D eigenvalue weighted by Gasteiger charge is 2.35. The smallest absolute Gasteiger partial charge is 0.253 e. The summed E-state index contributed by atoms with van der Waals surface area (Å²) in [5.41, 5.74) is 2.47. The second-order valence-corrected chi connectivity index (χ2v) is 9.24. The van der Waals surface area contributed by atoms with Crippen LogP contribution >= 0.6 is 0 Å². The highest BCUT2D eigenvalue weighted by molar-refractivity contribution is 5.96. The molecule has 168 valence electrons. The molecule has 0 spiro atoms. The summed E-state index contributed by atoms with van der Waals surface area (Å²) < 4.78 is -0.956. The molecule has 0 radical (unpaired) electrons. The molecule has 1 atom stereocenters. The molecule has 33 heavy (non-hydrogen) atoms. The van der Waals surface area contributed by atoms with Crippen molar-refractivity contribution in [3.63, 3.8) is 0 Å². The lowest BCUT2D eigenvalue weighted by molar-refractivity contribution is -0.117. The Morgan fingerprint density at radius 2 is 1.94 bits per heavy atom. The highest BCUT2D eigenvalue weighted by Crippen LogP contribution is 2.41. The van der Waals surface area contributed by atoms with Crippen LogP contribution in [-0.2, 0) is 16.8 Å². The number of carbonyl (C=O) groups is 1. The number of hydrogen-bond acceptors (Lipinski definition) is 5. The van der Waals surface area contributed by atoms with Crippen LogP contribution < -0.4 is 9.96 Å². The molecule has 2 aromatic heterocycles. The Balaban J connectivity index is 1.59. The molecule has 1 saturated carbocycles. The van der Waals surface area contributed by atoms with Crippen molar-refractivity contribution in [2.24, 2.45) is 0 Å². The summed E-state index contributed by atoms with van der Waals surface area (Å²) in [6.45, 7) is 3.37. The fraction of sp³-hybridized carbons (Fsp3) is 0.269. The van der Waals surface area contributed by atoms with Crippen molar-refractivity contribution in [2.45, 2.75) is 44.8 Å². The van der Waals surface area contributed by atoms with Gasteiger partial charge in [-0.05, 0) is 51.0 Å². The first-order valence-corrected chi connectivity index (χ1v) is 11.1. The van der Waals surface area contributed by atoms with Crippen molar-refractivity contribution in [3.05, 3.63) is 89.0 Å². The summed E-state index contributed by atoms with van der Waals surface area (Å²) in [7, 11) is 0. The maximum atomic E-state index is 14.3. The lowest BCUT2D eigenvalue weighted by atomic mass is 10.00. The largest absolute Gasteiger partial charge is 0.616 e. The van der Waals surface area contributed by atoms with E-state index < -0.39 is 10.2 Å². The average molecular weight is 443 g/mol. The van der Waals surface area contributed by atoms with E-state index in [2.05, 4.69) is 15.3 Å². The Labute approximate surface area is 192 Å². The number of hydrogen-bond donors (Lipinski definition) is 2. The van der Waals surface area contributed by atoms with Crippen molar-refractivity contribution < 1.29 is 9.90 Å². The lowest BCUT2D eigenvalue weighted by Gasteiger charge is -2.40. The Morgan fingerprint density at radius 1 is 1.15 bits per heavy atom. The fourth-order valence-electron chi connectivity index (χ4n) is 4.05. The third kappa shape index (κ3) is 4.18. The van der Waals surface area contributed by atoms with Crippen LogP contribution in [-0.4, -0.2) is 27.0 Å². The van der Waals surface area contributed by atoms with Crippen LogP contribution in [0.2, 0.25) is 0 Å². The van der Waals surface area contributed by atoms with Gasteiger partial charge in [-0.2, -0.15) is 0 Å². The number of hydroxylamine groups is 1. The maximum absolute atomic E-state index is 14.3. The van der Waals surface area contributed by atoms with E-state index in [0.717, 1.165) is 24.0 Å². The highest BCUT2D eigenvalue weighted by atomic mass is 16.5. The van der Waals surface area contributed by atoms with Crippen LogP contribution in [0.1, 0.15) is 37.9 Å². The number of benzene rings is 1. The first-order chi connectivity index (χ1) is 15.7. The number of aromatic nitrogens is 2. The van der Waals surface area contributed by atoms with E-state index in [-0.39, 0.29) is 11.9 Å². The quantitative estimate of drug-likeness (QED) is 0.455. The minimum absolute atomic E-state index is 0.193. The van der Waals surface area contributed by atoms with Gasteiger partial charge in [-0.25, -0.2) is 9.97 Å². The summed E-state index contributed by atoms with van der Waals surface area (Å²) in [6.07, 6.45) is 5.40. The molecule has 7 heteroatoms. The normalized spacial score (nSPS) is 20.1. The average Bonchev–Trinajstić information content (AvgIpc) is 3.63. The van der Waals surface area contributed by atoms with Crippen molar-refractivity contribution in [2.75, 3.05) is 0 Å². The minimum atomic E-state index is -1.08. The second kappa shape index (κ2) is 7.88. The number of pyridine rings is 2. The SMILES string of the molecule is CC(C)(O)c1cccc(-c2cccc([N+]3([O-])C=C(C(=O)NC4CC4)Cc4cccnc43)c2)n1. The number of fused-ring (bicyclic) bond motifs is 1. The van der Waals surface area contributed by atoms with E-state index in [4.69, 9.17) is 0 Å². The van der Waals surface area contributed by atoms with E-state index >= 15 is 0 Å². The van der Waals surface area contributed by atoms with E-state index in [1.165, 1.54) is 6.20 Å². The second-order valence-electron chi connectivity index (χ2n) is 9.24. The van der Waals surface area contributed by atoms with Gasteiger partial charge >= 0.3 is 0 Å². The Kier molecular flexibility index (Phi) is 5.12. The molecule has 7 nitrogen and oxygen atoms in total. The zero-order valence-electron chi connectivity index (χ0n) is 18.7. The van der Waals surface area contributed by atoms with Crippen molar-refractivity contribution in [1.29, 1.82) is 0 Å². The minimum Gasteiger partial charge on any atom is -0.616 e. The molecule has 2 aliphatic rings. The van der Waals surface area contributed by atoms with Crippen LogP contribution in [0.5, 0.6) is 0 Å². The lowest BCUT2D eigenvalue weighted by Crippen LogP contribution is -2.39. The summed E-state index contributed by atoms with van der Waals surface area (Å²) in [6, 6.07) is 16.5. The molecule has 3 aromatic rings. The molecule has 1 unspecified atom stereocenters. The molecular formula is C26H26N4O3. The third-order valence-electron chi connectivity index (χ3n) is 6.01. The molecule has 1 amide bonds. The number of carbonyl (C=O) groups excluding carboxylic acids is 1. The van der Waals surface area contributed by atoms with Crippen LogP contribution in [0.15, 0.2) is 72.6 Å². The van der Waals surface area contributed by atoms with Gasteiger partial charge in [-0.1, -0.05) is 18.2 Å². The van der Waals surface area contributed by atoms with Crippen molar-refractivity contribution in [3.8, 4) is 11.3 Å². The molecule has 2 N–H and O–H groups in total. The fourth-order valence-corrected chi connectivity index (χ4v) is 4.05. The summed E-state index contributed by atoms with van der Waals surface area (Å²) in [5.74, 6) is 0.164. The molecule has 1 aliphatic heterocycles. The number of rotatable bonds is 5. The summed E-state index contributed by atoms with van der Waals surface area (Å²) in [5, 5.41) is 27.7. The van der Waals surface area contributed by atoms with Gasteiger partial charge in [0.2, 0.25) is 5.82 Å². The Bertz CT molecular complexity index is 1260. The van der Waals surface area contributed by atoms with Gasteiger partial charge in [0.1, 0.15) is 17.5 Å². The number of nitrogens with one attached hydrogen (secondary N) is 1. The maximum Gasteiger partial charge on any atom is 0.253 e. The van der Waals surface area contributed by atoms with Crippen LogP contribution in [0.3, 0.4) is 0 Å². The summed E-state index contributed by atoms with van der Waals surface area (Å²) in [4.78, 5) is 21.8. The number of aliphatic hydroxyl groups is 1. The predicted molar refractivity (Wildman–Crippen MR) is 127 cm³/mol. The van der Waals surface area contributed by atoms with E-state index in [1.54, 1.807) is 50.4 Å². The molecule has 5 rings (SSSR count). The van der Waals surface area contributed by atoms with Crippen LogP contribution in [0.25, 0.3) is 11.3 Å². The Morgan fingerprint density at radius 3 is 2.70 bits per heavy atom. The molecule has 1 aliphatic carbocycles. The van der Waals surface area contributed by atoms with E-state index in [0.29, 0.717) is 34.9 Å². The molecule has 3 heterocycles. The summed E-state index contributed by atoms with van der Waals surface area (Å²) >= 11 is 0. The topological polar surface area (TPSA) is 98.2 Å². The first kappa shape index (κ1) is 21.5. The van der Waals surface area contributed by atoms with Gasteiger partial charge in [-0.3, -0.25) is 9.44 Å². The van der Waals surface area contributed by atoms with Crippen molar-refractivity contribution in [1.82, 2.24) is 19.9 Å². The van der Waals surface area contributed by atoms with E-state index in [9.17, 15) is 15.1 Å². The monoisotopic (exact) mass is 442 g/mol. The molecule has 1 fully saturated rings. The molecule has 1 aromatic carbocycles. The molecule has 0 bridgehead atoms. The standard InChI is InChI=1S/C26H26N4O3/c1-26(2,32)23-10-4-9-22(29-23)17-6-3-8-21(15-17)30(33)16-19(25(31)28-20-11-12-20)14-18-7-5-13-27-24(18)30/h3-10,13,15-16,20,32H,11-12,14H2,1-2H3,(H,28,31). The first-order valence-electron chi connectivity index (χ1n) is 11.1.